The fourth-order valence-electron chi connectivity index (χ4n) is 4.03. The van der Waals surface area contributed by atoms with Gasteiger partial charge in [0.2, 0.25) is 0 Å². The van der Waals surface area contributed by atoms with E-state index >= 15 is 0 Å². The summed E-state index contributed by atoms with van der Waals surface area (Å²) in [5.74, 6) is -0.454. The number of pyridine rings is 1. The molecule has 3 rings (SSSR count). The Morgan fingerprint density at radius 2 is 1.79 bits per heavy atom. The summed E-state index contributed by atoms with van der Waals surface area (Å²) in [6, 6.07) is 6.31. The molecule has 1 saturated heterocycles. The highest BCUT2D eigenvalue weighted by Gasteiger charge is 2.40. The molecule has 1 aromatic carbocycles. The molecule has 1 fully saturated rings. The standard InChI is InChI=1S/C24H29F4N3O3/c1-15-12-31(19(14-32)13-30(15)22(33)34-23(2,3)4)21(16-5-8-18(25)9-6-16)20-10-7-17(11-29-20)24(26,27)28/h5-11,15,19,21,32H,12-14H2,1-4H3. The van der Waals surface area contributed by atoms with Crippen LogP contribution in [0.1, 0.15) is 50.6 Å². The minimum atomic E-state index is -4.53. The van der Waals surface area contributed by atoms with Gasteiger partial charge in [-0.2, -0.15) is 13.2 Å². The number of piperazine rings is 1. The van der Waals surface area contributed by atoms with Gasteiger partial charge in [-0.25, -0.2) is 9.18 Å². The lowest BCUT2D eigenvalue weighted by Gasteiger charge is -2.47. The number of amides is 1. The first-order valence-corrected chi connectivity index (χ1v) is 10.9. The number of benzene rings is 1. The zero-order valence-electron chi connectivity index (χ0n) is 19.5. The van der Waals surface area contributed by atoms with Crippen molar-refractivity contribution >= 4 is 6.09 Å². The maximum Gasteiger partial charge on any atom is 0.417 e. The van der Waals surface area contributed by atoms with Gasteiger partial charge in [0.25, 0.3) is 0 Å². The molecule has 10 heteroatoms. The predicted molar refractivity (Wildman–Crippen MR) is 117 cm³/mol. The number of halogens is 4. The molecular formula is C24H29F4N3O3. The summed E-state index contributed by atoms with van der Waals surface area (Å²) in [4.78, 5) is 20.2. The summed E-state index contributed by atoms with van der Waals surface area (Å²) in [5.41, 5.74) is -0.652. The lowest BCUT2D eigenvalue weighted by atomic mass is 9.96. The third-order valence-electron chi connectivity index (χ3n) is 5.63. The van der Waals surface area contributed by atoms with Gasteiger partial charge in [-0.05, 0) is 57.5 Å². The van der Waals surface area contributed by atoms with Crippen LogP contribution in [-0.2, 0) is 10.9 Å². The van der Waals surface area contributed by atoms with Gasteiger partial charge in [-0.3, -0.25) is 9.88 Å². The van der Waals surface area contributed by atoms with E-state index in [1.54, 1.807) is 32.9 Å². The summed E-state index contributed by atoms with van der Waals surface area (Å²) in [6.07, 6.45) is -4.28. The van der Waals surface area contributed by atoms with Crippen LogP contribution in [0.25, 0.3) is 0 Å². The molecule has 1 aromatic heterocycles. The first-order valence-electron chi connectivity index (χ1n) is 10.9. The second-order valence-corrected chi connectivity index (χ2v) is 9.44. The highest BCUT2D eigenvalue weighted by molar-refractivity contribution is 5.68. The number of aliphatic hydroxyl groups excluding tert-OH is 1. The van der Waals surface area contributed by atoms with Crippen molar-refractivity contribution in [3.05, 3.63) is 65.2 Å². The van der Waals surface area contributed by atoms with E-state index in [4.69, 9.17) is 4.74 Å². The van der Waals surface area contributed by atoms with Crippen LogP contribution >= 0.6 is 0 Å². The molecule has 0 spiro atoms. The van der Waals surface area contributed by atoms with Crippen molar-refractivity contribution < 1.29 is 32.2 Å². The molecule has 2 heterocycles. The van der Waals surface area contributed by atoms with Crippen molar-refractivity contribution in [1.82, 2.24) is 14.8 Å². The maximum absolute atomic E-state index is 13.6. The van der Waals surface area contributed by atoms with Crippen LogP contribution in [0.2, 0.25) is 0 Å². The number of nitrogens with zero attached hydrogens (tertiary/aromatic N) is 3. The van der Waals surface area contributed by atoms with E-state index in [1.807, 2.05) is 11.8 Å². The zero-order valence-corrected chi connectivity index (χ0v) is 19.5. The van der Waals surface area contributed by atoms with E-state index in [9.17, 15) is 27.5 Å². The maximum atomic E-state index is 13.6. The van der Waals surface area contributed by atoms with Crippen LogP contribution in [-0.4, -0.2) is 63.4 Å². The molecule has 186 valence electrons. The van der Waals surface area contributed by atoms with E-state index in [1.165, 1.54) is 23.1 Å². The molecule has 1 aliphatic rings. The van der Waals surface area contributed by atoms with E-state index in [0.29, 0.717) is 11.3 Å². The van der Waals surface area contributed by atoms with E-state index in [0.717, 1.165) is 12.3 Å². The molecule has 3 unspecified atom stereocenters. The van der Waals surface area contributed by atoms with Crippen molar-refractivity contribution in [2.75, 3.05) is 19.7 Å². The van der Waals surface area contributed by atoms with Gasteiger partial charge in [-0.1, -0.05) is 12.1 Å². The Kier molecular flexibility index (Phi) is 7.52. The number of rotatable bonds is 4. The number of alkyl halides is 3. The summed E-state index contributed by atoms with van der Waals surface area (Å²) in [7, 11) is 0. The Bertz CT molecular complexity index is 975. The first kappa shape index (κ1) is 25.9. The summed E-state index contributed by atoms with van der Waals surface area (Å²) < 4.78 is 58.3. The van der Waals surface area contributed by atoms with Crippen molar-refractivity contribution in [2.24, 2.45) is 0 Å². The van der Waals surface area contributed by atoms with Crippen LogP contribution < -0.4 is 0 Å². The number of carbonyl (C=O) groups excluding carboxylic acids is 1. The van der Waals surface area contributed by atoms with Crippen molar-refractivity contribution in [1.29, 1.82) is 0 Å². The molecule has 0 saturated carbocycles. The average Bonchev–Trinajstić information content (AvgIpc) is 2.74. The lowest BCUT2D eigenvalue weighted by Crippen LogP contribution is -2.61. The number of ether oxygens (including phenoxy) is 1. The lowest BCUT2D eigenvalue weighted by molar-refractivity contribution is -0.137. The molecular weight excluding hydrogens is 454 g/mol. The Morgan fingerprint density at radius 3 is 2.29 bits per heavy atom. The Hall–Kier alpha value is -2.72. The Labute approximate surface area is 196 Å². The Balaban J connectivity index is 1.97. The summed E-state index contributed by atoms with van der Waals surface area (Å²) >= 11 is 0. The summed E-state index contributed by atoms with van der Waals surface area (Å²) in [5, 5.41) is 10.2. The third-order valence-corrected chi connectivity index (χ3v) is 5.63. The first-order chi connectivity index (χ1) is 15.8. The fourth-order valence-corrected chi connectivity index (χ4v) is 4.03. The molecule has 1 N–H and O–H groups in total. The minimum absolute atomic E-state index is 0.144. The fraction of sp³-hybridized carbons (Fsp3) is 0.500. The smallest absolute Gasteiger partial charge is 0.417 e. The molecule has 2 aromatic rings. The van der Waals surface area contributed by atoms with Gasteiger partial charge in [0.15, 0.2) is 0 Å². The third kappa shape index (κ3) is 6.04. The zero-order chi connectivity index (χ0) is 25.3. The topological polar surface area (TPSA) is 65.9 Å². The molecule has 3 atom stereocenters. The molecule has 6 nitrogen and oxygen atoms in total. The quantitative estimate of drug-likeness (QED) is 0.643. The second-order valence-electron chi connectivity index (χ2n) is 9.44. The van der Waals surface area contributed by atoms with Gasteiger partial charge in [0, 0.05) is 25.3 Å². The summed E-state index contributed by atoms with van der Waals surface area (Å²) in [6.45, 7) is 7.22. The largest absolute Gasteiger partial charge is 0.444 e. The van der Waals surface area contributed by atoms with Crippen LogP contribution in [0.5, 0.6) is 0 Å². The number of aliphatic hydroxyl groups is 1. The van der Waals surface area contributed by atoms with Crippen molar-refractivity contribution in [2.45, 2.75) is 57.6 Å². The normalized spacial score (nSPS) is 20.8. The van der Waals surface area contributed by atoms with Gasteiger partial charge in [0.05, 0.1) is 29.9 Å². The average molecular weight is 484 g/mol. The van der Waals surface area contributed by atoms with Gasteiger partial charge in [0.1, 0.15) is 11.4 Å². The number of carbonyl (C=O) groups is 1. The minimum Gasteiger partial charge on any atom is -0.444 e. The van der Waals surface area contributed by atoms with Crippen molar-refractivity contribution in [3.8, 4) is 0 Å². The van der Waals surface area contributed by atoms with Gasteiger partial charge < -0.3 is 14.7 Å². The van der Waals surface area contributed by atoms with Crippen LogP contribution in [0, 0.1) is 5.82 Å². The van der Waals surface area contributed by atoms with Crippen LogP contribution in [0.15, 0.2) is 42.6 Å². The highest BCUT2D eigenvalue weighted by Crippen LogP contribution is 2.35. The van der Waals surface area contributed by atoms with Crippen LogP contribution in [0.3, 0.4) is 0 Å². The molecule has 0 bridgehead atoms. The van der Waals surface area contributed by atoms with Gasteiger partial charge >= 0.3 is 12.3 Å². The molecule has 1 aliphatic heterocycles. The molecule has 0 radical (unpaired) electrons. The highest BCUT2D eigenvalue weighted by atomic mass is 19.4. The van der Waals surface area contributed by atoms with E-state index < -0.39 is 41.3 Å². The van der Waals surface area contributed by atoms with Crippen LogP contribution in [0.4, 0.5) is 22.4 Å². The Morgan fingerprint density at radius 1 is 1.15 bits per heavy atom. The van der Waals surface area contributed by atoms with E-state index in [-0.39, 0.29) is 25.7 Å². The number of hydrogen-bond acceptors (Lipinski definition) is 5. The van der Waals surface area contributed by atoms with Gasteiger partial charge in [-0.15, -0.1) is 0 Å². The SMILES string of the molecule is CC1CN(C(c2ccc(F)cc2)c2ccc(C(F)(F)F)cn2)C(CO)CN1C(=O)OC(C)(C)C. The molecule has 34 heavy (non-hydrogen) atoms. The van der Waals surface area contributed by atoms with E-state index in [2.05, 4.69) is 4.98 Å². The molecule has 0 aliphatic carbocycles. The monoisotopic (exact) mass is 483 g/mol. The number of aromatic nitrogens is 1. The predicted octanol–water partition coefficient (Wildman–Crippen LogP) is 4.63. The van der Waals surface area contributed by atoms with Crippen molar-refractivity contribution in [3.63, 3.8) is 0 Å². The second kappa shape index (κ2) is 9.87. The molecule has 1 amide bonds. The number of hydrogen-bond donors (Lipinski definition) is 1.